The molecule has 0 fully saturated rings. The van der Waals surface area contributed by atoms with Gasteiger partial charge < -0.3 is 10.5 Å². The largest absolute Gasteiger partial charge is 0.460 e. The minimum absolute atomic E-state index is 0.0414. The number of rotatable bonds is 4. The van der Waals surface area contributed by atoms with Gasteiger partial charge in [-0.15, -0.1) is 0 Å². The van der Waals surface area contributed by atoms with E-state index in [0.29, 0.717) is 5.56 Å². The first-order valence-corrected chi connectivity index (χ1v) is 4.57. The summed E-state index contributed by atoms with van der Waals surface area (Å²) in [5.41, 5.74) is 5.99. The maximum Gasteiger partial charge on any atom is 0.395 e. The third kappa shape index (κ3) is 4.48. The van der Waals surface area contributed by atoms with Crippen LogP contribution in [0.1, 0.15) is 12.0 Å². The van der Waals surface area contributed by atoms with Crippen LogP contribution in [-0.4, -0.2) is 12.5 Å². The van der Waals surface area contributed by atoms with Crippen molar-refractivity contribution in [2.75, 3.05) is 0 Å². The van der Waals surface area contributed by atoms with E-state index in [4.69, 9.17) is 5.73 Å². The van der Waals surface area contributed by atoms with Crippen LogP contribution in [0.15, 0.2) is 24.3 Å². The maximum atomic E-state index is 12.8. The average molecular weight is 237 g/mol. The minimum Gasteiger partial charge on any atom is -0.460 e. The Balaban J connectivity index is 2.59. The molecule has 90 valence electrons. The standard InChI is InChI=1S/C10H11F4NO/c11-9(5-10(12,13)14)16-8-3-1-2-7(4-8)6-15/h1-4,9H,5-6,15H2. The summed E-state index contributed by atoms with van der Waals surface area (Å²) in [7, 11) is 0. The average Bonchev–Trinajstić information content (AvgIpc) is 2.15. The molecule has 0 aliphatic rings. The minimum atomic E-state index is -4.58. The normalized spacial score (nSPS) is 13.6. The van der Waals surface area contributed by atoms with Crippen molar-refractivity contribution in [1.29, 1.82) is 0 Å². The smallest absolute Gasteiger partial charge is 0.395 e. The van der Waals surface area contributed by atoms with Gasteiger partial charge in [-0.25, -0.2) is 4.39 Å². The Bertz CT molecular complexity index is 340. The van der Waals surface area contributed by atoms with Crippen LogP contribution in [0.3, 0.4) is 0 Å². The van der Waals surface area contributed by atoms with E-state index >= 15 is 0 Å². The van der Waals surface area contributed by atoms with Gasteiger partial charge in [-0.05, 0) is 17.7 Å². The predicted octanol–water partition coefficient (Wildman–Crippen LogP) is 2.77. The molecule has 1 aromatic rings. The molecule has 2 N–H and O–H groups in total. The van der Waals surface area contributed by atoms with Gasteiger partial charge in [-0.1, -0.05) is 12.1 Å². The van der Waals surface area contributed by atoms with Gasteiger partial charge in [0.1, 0.15) is 12.2 Å². The highest BCUT2D eigenvalue weighted by molar-refractivity contribution is 5.28. The molecule has 0 aromatic heterocycles. The lowest BCUT2D eigenvalue weighted by Crippen LogP contribution is -2.20. The van der Waals surface area contributed by atoms with Crippen molar-refractivity contribution >= 4 is 0 Å². The highest BCUT2D eigenvalue weighted by atomic mass is 19.4. The molecule has 0 radical (unpaired) electrons. The maximum absolute atomic E-state index is 12.8. The second-order valence-corrected chi connectivity index (χ2v) is 3.20. The van der Waals surface area contributed by atoms with Crippen LogP contribution in [0, 0.1) is 0 Å². The molecule has 0 aliphatic carbocycles. The van der Waals surface area contributed by atoms with Crippen LogP contribution in [0.25, 0.3) is 0 Å². The van der Waals surface area contributed by atoms with Crippen LogP contribution >= 0.6 is 0 Å². The third-order valence-electron chi connectivity index (χ3n) is 1.79. The van der Waals surface area contributed by atoms with E-state index in [1.54, 1.807) is 6.07 Å². The van der Waals surface area contributed by atoms with Gasteiger partial charge >= 0.3 is 6.18 Å². The quantitative estimate of drug-likeness (QED) is 0.817. The number of ether oxygens (including phenoxy) is 1. The molecule has 6 heteroatoms. The first kappa shape index (κ1) is 12.8. The van der Waals surface area contributed by atoms with Crippen molar-refractivity contribution in [2.45, 2.75) is 25.5 Å². The zero-order chi connectivity index (χ0) is 12.2. The molecule has 0 spiro atoms. The second-order valence-electron chi connectivity index (χ2n) is 3.20. The molecule has 0 saturated carbocycles. The summed E-state index contributed by atoms with van der Waals surface area (Å²) < 4.78 is 52.8. The summed E-state index contributed by atoms with van der Waals surface area (Å²) in [6.07, 6.45) is -8.60. The number of alkyl halides is 4. The van der Waals surface area contributed by atoms with Crippen molar-refractivity contribution in [2.24, 2.45) is 5.73 Å². The molecule has 1 atom stereocenters. The van der Waals surface area contributed by atoms with Crippen molar-refractivity contribution < 1.29 is 22.3 Å². The Morgan fingerprint density at radius 2 is 2.00 bits per heavy atom. The highest BCUT2D eigenvalue weighted by Gasteiger charge is 2.33. The van der Waals surface area contributed by atoms with E-state index in [1.165, 1.54) is 18.2 Å². The van der Waals surface area contributed by atoms with Crippen molar-refractivity contribution in [3.8, 4) is 5.75 Å². The fraction of sp³-hybridized carbons (Fsp3) is 0.400. The van der Waals surface area contributed by atoms with E-state index in [2.05, 4.69) is 4.74 Å². The van der Waals surface area contributed by atoms with Gasteiger partial charge in [0.15, 0.2) is 0 Å². The Labute approximate surface area is 90.0 Å². The summed E-state index contributed by atoms with van der Waals surface area (Å²) in [5, 5.41) is 0. The highest BCUT2D eigenvalue weighted by Crippen LogP contribution is 2.25. The first-order chi connectivity index (χ1) is 7.40. The second kappa shape index (κ2) is 5.16. The Hall–Kier alpha value is -1.30. The lowest BCUT2D eigenvalue weighted by Gasteiger charge is -2.13. The van der Waals surface area contributed by atoms with Gasteiger partial charge in [0.05, 0.1) is 0 Å². The molecule has 1 rings (SSSR count). The zero-order valence-corrected chi connectivity index (χ0v) is 8.30. The zero-order valence-electron chi connectivity index (χ0n) is 8.30. The van der Waals surface area contributed by atoms with Crippen LogP contribution in [0.2, 0.25) is 0 Å². The molecule has 0 aliphatic heterocycles. The summed E-state index contributed by atoms with van der Waals surface area (Å²) in [5.74, 6) is 0.0414. The van der Waals surface area contributed by atoms with Gasteiger partial charge in [-0.3, -0.25) is 0 Å². The van der Waals surface area contributed by atoms with Gasteiger partial charge in [0.2, 0.25) is 6.36 Å². The molecule has 16 heavy (non-hydrogen) atoms. The summed E-state index contributed by atoms with van der Waals surface area (Å²) in [6.45, 7) is 0.216. The van der Waals surface area contributed by atoms with Crippen molar-refractivity contribution in [3.05, 3.63) is 29.8 Å². The lowest BCUT2D eigenvalue weighted by atomic mass is 10.2. The summed E-state index contributed by atoms with van der Waals surface area (Å²) >= 11 is 0. The number of hydrogen-bond acceptors (Lipinski definition) is 2. The summed E-state index contributed by atoms with van der Waals surface area (Å²) in [6, 6.07) is 5.99. The van der Waals surface area contributed by atoms with Gasteiger partial charge in [0, 0.05) is 6.54 Å². The number of hydrogen-bond donors (Lipinski definition) is 1. The van der Waals surface area contributed by atoms with E-state index in [9.17, 15) is 17.6 Å². The van der Waals surface area contributed by atoms with Gasteiger partial charge in [-0.2, -0.15) is 13.2 Å². The predicted molar refractivity (Wildman–Crippen MR) is 50.5 cm³/mol. The third-order valence-corrected chi connectivity index (χ3v) is 1.79. The van der Waals surface area contributed by atoms with Gasteiger partial charge in [0.25, 0.3) is 0 Å². The molecule has 1 aromatic carbocycles. The molecular weight excluding hydrogens is 226 g/mol. The molecule has 1 unspecified atom stereocenters. The molecule has 0 heterocycles. The van der Waals surface area contributed by atoms with Crippen LogP contribution in [0.4, 0.5) is 17.6 Å². The number of benzene rings is 1. The van der Waals surface area contributed by atoms with E-state index in [0.717, 1.165) is 0 Å². The van der Waals surface area contributed by atoms with E-state index in [-0.39, 0.29) is 12.3 Å². The Kier molecular flexibility index (Phi) is 4.12. The molecule has 2 nitrogen and oxygen atoms in total. The Morgan fingerprint density at radius 1 is 1.31 bits per heavy atom. The number of halogens is 4. The first-order valence-electron chi connectivity index (χ1n) is 4.57. The van der Waals surface area contributed by atoms with Crippen LogP contribution in [0.5, 0.6) is 5.75 Å². The van der Waals surface area contributed by atoms with E-state index < -0.39 is 19.0 Å². The monoisotopic (exact) mass is 237 g/mol. The molecular formula is C10H11F4NO. The number of nitrogens with two attached hydrogens (primary N) is 1. The Morgan fingerprint density at radius 3 is 2.56 bits per heavy atom. The van der Waals surface area contributed by atoms with E-state index in [1.807, 2.05) is 0 Å². The van der Waals surface area contributed by atoms with Crippen LogP contribution in [-0.2, 0) is 6.54 Å². The molecule has 0 bridgehead atoms. The molecule has 0 amide bonds. The topological polar surface area (TPSA) is 35.2 Å². The summed E-state index contributed by atoms with van der Waals surface area (Å²) in [4.78, 5) is 0. The van der Waals surface area contributed by atoms with Crippen molar-refractivity contribution in [1.82, 2.24) is 0 Å². The fourth-order valence-corrected chi connectivity index (χ4v) is 1.12. The SMILES string of the molecule is NCc1cccc(OC(F)CC(F)(F)F)c1. The fourth-order valence-electron chi connectivity index (χ4n) is 1.12. The molecule has 0 saturated heterocycles. The van der Waals surface area contributed by atoms with Crippen LogP contribution < -0.4 is 10.5 Å². The van der Waals surface area contributed by atoms with Crippen molar-refractivity contribution in [3.63, 3.8) is 0 Å². The lowest BCUT2D eigenvalue weighted by molar-refractivity contribution is -0.166.